The van der Waals surface area contributed by atoms with E-state index in [1.54, 1.807) is 0 Å². The highest BCUT2D eigenvalue weighted by molar-refractivity contribution is 5.57. The van der Waals surface area contributed by atoms with Gasteiger partial charge in [0.2, 0.25) is 0 Å². The number of rotatable bonds is 3. The highest BCUT2D eigenvalue weighted by atomic mass is 16.1. The molecule has 0 saturated heterocycles. The molecule has 46 valence electrons. The quantitative estimate of drug-likeness (QED) is 0.402. The van der Waals surface area contributed by atoms with Crippen LogP contribution in [0.3, 0.4) is 0 Å². The Labute approximate surface area is 50.4 Å². The fraction of sp³-hybridized carbons (Fsp3) is 0.571. The molecule has 1 nitrogen and oxygen atoms in total. The summed E-state index contributed by atoms with van der Waals surface area (Å²) in [5.41, 5.74) is 0.961. The van der Waals surface area contributed by atoms with Crippen molar-refractivity contribution in [2.45, 2.75) is 20.3 Å². The molecule has 0 aromatic heterocycles. The second-order valence-electron chi connectivity index (χ2n) is 2.00. The first-order valence-corrected chi connectivity index (χ1v) is 2.83. The van der Waals surface area contributed by atoms with E-state index in [1.165, 1.54) is 0 Å². The topological polar surface area (TPSA) is 17.1 Å². The van der Waals surface area contributed by atoms with Crippen molar-refractivity contribution < 1.29 is 4.79 Å². The van der Waals surface area contributed by atoms with E-state index in [2.05, 4.69) is 6.58 Å². The van der Waals surface area contributed by atoms with Crippen LogP contribution in [0.5, 0.6) is 0 Å². The van der Waals surface area contributed by atoms with Gasteiger partial charge in [-0.05, 0) is 13.3 Å². The first kappa shape index (κ1) is 7.41. The predicted octanol–water partition coefficient (Wildman–Crippen LogP) is 1.79. The lowest BCUT2D eigenvalue weighted by Gasteiger charge is -2.02. The molecule has 0 N–H and O–H groups in total. The summed E-state index contributed by atoms with van der Waals surface area (Å²) in [6, 6.07) is 0. The summed E-state index contributed by atoms with van der Waals surface area (Å²) in [5.74, 6) is 0.0787. The zero-order valence-electron chi connectivity index (χ0n) is 5.48. The van der Waals surface area contributed by atoms with Crippen molar-refractivity contribution in [1.29, 1.82) is 0 Å². The largest absolute Gasteiger partial charge is 0.303 e. The van der Waals surface area contributed by atoms with E-state index in [1.807, 2.05) is 13.8 Å². The molecule has 1 heteroatoms. The van der Waals surface area contributed by atoms with Crippen LogP contribution in [0, 0.1) is 5.92 Å². The van der Waals surface area contributed by atoms with Gasteiger partial charge in [0.15, 0.2) is 0 Å². The molecule has 0 saturated carbocycles. The fourth-order valence-corrected chi connectivity index (χ4v) is 0.561. The van der Waals surface area contributed by atoms with Crippen LogP contribution in [-0.4, -0.2) is 6.29 Å². The molecule has 0 radical (unpaired) electrons. The Hall–Kier alpha value is -0.590. The lowest BCUT2D eigenvalue weighted by Crippen LogP contribution is -1.99. The van der Waals surface area contributed by atoms with Gasteiger partial charge in [-0.1, -0.05) is 19.1 Å². The maximum atomic E-state index is 10.1. The number of carbonyl (C=O) groups is 1. The molecule has 0 rings (SSSR count). The average Bonchev–Trinajstić information content (AvgIpc) is 1.69. The van der Waals surface area contributed by atoms with Crippen LogP contribution in [0.2, 0.25) is 0 Å². The van der Waals surface area contributed by atoms with E-state index in [4.69, 9.17) is 0 Å². The van der Waals surface area contributed by atoms with Crippen molar-refractivity contribution in [2.75, 3.05) is 0 Å². The van der Waals surface area contributed by atoms with E-state index in [0.717, 1.165) is 18.3 Å². The van der Waals surface area contributed by atoms with Gasteiger partial charge in [-0.2, -0.15) is 0 Å². The second kappa shape index (κ2) is 3.42. The van der Waals surface area contributed by atoms with E-state index in [9.17, 15) is 4.79 Å². The van der Waals surface area contributed by atoms with Crippen molar-refractivity contribution in [3.8, 4) is 0 Å². The lowest BCUT2D eigenvalue weighted by molar-refractivity contribution is -0.110. The minimum absolute atomic E-state index is 0.0787. The normalized spacial score (nSPS) is 12.8. The minimum Gasteiger partial charge on any atom is -0.303 e. The van der Waals surface area contributed by atoms with E-state index in [0.29, 0.717) is 0 Å². The van der Waals surface area contributed by atoms with E-state index < -0.39 is 0 Å². The molecule has 8 heavy (non-hydrogen) atoms. The Morgan fingerprint density at radius 3 is 2.38 bits per heavy atom. The summed E-state index contributed by atoms with van der Waals surface area (Å²) in [4.78, 5) is 10.1. The summed E-state index contributed by atoms with van der Waals surface area (Å²) in [6.45, 7) is 7.52. The van der Waals surface area contributed by atoms with Gasteiger partial charge in [0.05, 0.1) is 0 Å². The SMILES string of the molecule is C=C(C)C(C=O)CC. The molecule has 0 aliphatic heterocycles. The van der Waals surface area contributed by atoms with Crippen LogP contribution in [0.1, 0.15) is 20.3 Å². The van der Waals surface area contributed by atoms with Gasteiger partial charge in [0.1, 0.15) is 6.29 Å². The maximum absolute atomic E-state index is 10.1. The van der Waals surface area contributed by atoms with Crippen LogP contribution in [0.25, 0.3) is 0 Å². The van der Waals surface area contributed by atoms with Crippen LogP contribution in [-0.2, 0) is 4.79 Å². The van der Waals surface area contributed by atoms with Gasteiger partial charge in [0, 0.05) is 5.92 Å². The molecule has 0 aromatic rings. The maximum Gasteiger partial charge on any atom is 0.127 e. The number of carbonyl (C=O) groups excluding carboxylic acids is 1. The Kier molecular flexibility index (Phi) is 3.16. The van der Waals surface area contributed by atoms with E-state index in [-0.39, 0.29) is 5.92 Å². The molecule has 1 unspecified atom stereocenters. The fourth-order valence-electron chi connectivity index (χ4n) is 0.561. The molecular formula is C7H12O. The zero-order chi connectivity index (χ0) is 6.57. The monoisotopic (exact) mass is 112 g/mol. The Balaban J connectivity index is 3.69. The summed E-state index contributed by atoms with van der Waals surface area (Å²) in [7, 11) is 0. The number of aldehydes is 1. The van der Waals surface area contributed by atoms with Crippen molar-refractivity contribution in [2.24, 2.45) is 5.92 Å². The van der Waals surface area contributed by atoms with Gasteiger partial charge in [-0.25, -0.2) is 0 Å². The average molecular weight is 112 g/mol. The predicted molar refractivity (Wildman–Crippen MR) is 34.7 cm³/mol. The molecule has 1 atom stereocenters. The minimum atomic E-state index is 0.0787. The number of hydrogen-bond acceptors (Lipinski definition) is 1. The van der Waals surface area contributed by atoms with Gasteiger partial charge in [-0.3, -0.25) is 0 Å². The Morgan fingerprint density at radius 2 is 2.38 bits per heavy atom. The highest BCUT2D eigenvalue weighted by Crippen LogP contribution is 2.07. The Bertz CT molecular complexity index is 94.6. The third-order valence-electron chi connectivity index (χ3n) is 1.24. The summed E-state index contributed by atoms with van der Waals surface area (Å²) < 4.78 is 0. The van der Waals surface area contributed by atoms with Crippen LogP contribution in [0.4, 0.5) is 0 Å². The Morgan fingerprint density at radius 1 is 1.88 bits per heavy atom. The molecule has 0 aliphatic rings. The number of hydrogen-bond donors (Lipinski definition) is 0. The lowest BCUT2D eigenvalue weighted by atomic mass is 10.0. The van der Waals surface area contributed by atoms with Crippen LogP contribution in [0.15, 0.2) is 12.2 Å². The standard InChI is InChI=1S/C7H12O/c1-4-7(5-8)6(2)3/h5,7H,2,4H2,1,3H3. The third kappa shape index (κ3) is 1.92. The van der Waals surface area contributed by atoms with Crippen molar-refractivity contribution in [3.05, 3.63) is 12.2 Å². The molecule has 0 bridgehead atoms. The number of allylic oxidation sites excluding steroid dienone is 1. The molecule has 0 amide bonds. The molecule has 0 aromatic carbocycles. The third-order valence-corrected chi connectivity index (χ3v) is 1.24. The molecule has 0 aliphatic carbocycles. The van der Waals surface area contributed by atoms with E-state index >= 15 is 0 Å². The van der Waals surface area contributed by atoms with Gasteiger partial charge >= 0.3 is 0 Å². The van der Waals surface area contributed by atoms with Crippen LogP contribution < -0.4 is 0 Å². The zero-order valence-corrected chi connectivity index (χ0v) is 5.48. The van der Waals surface area contributed by atoms with Gasteiger partial charge in [-0.15, -0.1) is 0 Å². The van der Waals surface area contributed by atoms with Gasteiger partial charge in [0.25, 0.3) is 0 Å². The first-order valence-electron chi connectivity index (χ1n) is 2.83. The molecular weight excluding hydrogens is 100 g/mol. The highest BCUT2D eigenvalue weighted by Gasteiger charge is 2.01. The second-order valence-corrected chi connectivity index (χ2v) is 2.00. The summed E-state index contributed by atoms with van der Waals surface area (Å²) >= 11 is 0. The summed E-state index contributed by atoms with van der Waals surface area (Å²) in [5, 5.41) is 0. The molecule has 0 spiro atoms. The molecule has 0 heterocycles. The van der Waals surface area contributed by atoms with Crippen LogP contribution >= 0.6 is 0 Å². The van der Waals surface area contributed by atoms with Gasteiger partial charge < -0.3 is 4.79 Å². The molecule has 0 fully saturated rings. The summed E-state index contributed by atoms with van der Waals surface area (Å²) in [6.07, 6.45) is 1.82. The first-order chi connectivity index (χ1) is 3.72. The van der Waals surface area contributed by atoms with Crippen molar-refractivity contribution in [1.82, 2.24) is 0 Å². The van der Waals surface area contributed by atoms with Crippen molar-refractivity contribution in [3.63, 3.8) is 0 Å². The van der Waals surface area contributed by atoms with Crippen molar-refractivity contribution >= 4 is 6.29 Å². The smallest absolute Gasteiger partial charge is 0.127 e.